The number of aryl methyl sites for hydroxylation is 1. The van der Waals surface area contributed by atoms with Crippen molar-refractivity contribution in [2.24, 2.45) is 0 Å². The standard InChI is InChI=1S/C17H14N2O2/c1-11(20)7-9-15-17(16-10-8-12(2)21-16)13-5-3-4-6-14(13)18-19-15/h3-10H,1-2H3. The van der Waals surface area contributed by atoms with Crippen LogP contribution in [0.1, 0.15) is 18.4 Å². The zero-order valence-electron chi connectivity index (χ0n) is 11.8. The van der Waals surface area contributed by atoms with Gasteiger partial charge in [0.05, 0.1) is 16.8 Å². The molecule has 4 heteroatoms. The molecule has 0 N–H and O–H groups in total. The van der Waals surface area contributed by atoms with Crippen molar-refractivity contribution in [2.45, 2.75) is 13.8 Å². The largest absolute Gasteiger partial charge is 0.461 e. The molecule has 0 radical (unpaired) electrons. The van der Waals surface area contributed by atoms with Gasteiger partial charge in [0.2, 0.25) is 0 Å². The summed E-state index contributed by atoms with van der Waals surface area (Å²) in [7, 11) is 0. The van der Waals surface area contributed by atoms with Gasteiger partial charge in [0.25, 0.3) is 0 Å². The van der Waals surface area contributed by atoms with E-state index in [1.54, 1.807) is 6.08 Å². The predicted molar refractivity (Wildman–Crippen MR) is 81.7 cm³/mol. The van der Waals surface area contributed by atoms with E-state index in [1.165, 1.54) is 13.0 Å². The molecule has 0 unspecified atom stereocenters. The van der Waals surface area contributed by atoms with Crippen LogP contribution in [0.3, 0.4) is 0 Å². The fourth-order valence-electron chi connectivity index (χ4n) is 2.21. The summed E-state index contributed by atoms with van der Waals surface area (Å²) in [6.07, 6.45) is 3.16. The third kappa shape index (κ3) is 2.60. The molecule has 4 nitrogen and oxygen atoms in total. The van der Waals surface area contributed by atoms with E-state index in [9.17, 15) is 4.79 Å². The van der Waals surface area contributed by atoms with E-state index in [2.05, 4.69) is 10.2 Å². The zero-order chi connectivity index (χ0) is 14.8. The lowest BCUT2D eigenvalue weighted by atomic mass is 10.0. The summed E-state index contributed by atoms with van der Waals surface area (Å²) in [6.45, 7) is 3.40. The molecule has 0 amide bonds. The maximum absolute atomic E-state index is 11.2. The van der Waals surface area contributed by atoms with Gasteiger partial charge in [-0.05, 0) is 44.2 Å². The average molecular weight is 278 g/mol. The Labute approximate surface area is 122 Å². The van der Waals surface area contributed by atoms with E-state index < -0.39 is 0 Å². The Bertz CT molecular complexity index is 847. The Morgan fingerprint density at radius 2 is 1.95 bits per heavy atom. The van der Waals surface area contributed by atoms with Crippen LogP contribution in [-0.2, 0) is 4.79 Å². The molecule has 0 bridgehead atoms. The molecule has 2 heterocycles. The molecule has 1 aromatic carbocycles. The van der Waals surface area contributed by atoms with Crippen LogP contribution >= 0.6 is 0 Å². The summed E-state index contributed by atoms with van der Waals surface area (Å²) in [6, 6.07) is 11.6. The number of rotatable bonds is 3. The number of carbonyl (C=O) groups is 1. The van der Waals surface area contributed by atoms with Gasteiger partial charge in [-0.3, -0.25) is 4.79 Å². The molecule has 0 spiro atoms. The normalized spacial score (nSPS) is 11.3. The summed E-state index contributed by atoms with van der Waals surface area (Å²) in [5, 5.41) is 9.36. The molecule has 0 atom stereocenters. The maximum atomic E-state index is 11.2. The minimum Gasteiger partial charge on any atom is -0.461 e. The summed E-state index contributed by atoms with van der Waals surface area (Å²) in [4.78, 5) is 11.2. The predicted octanol–water partition coefficient (Wildman–Crippen LogP) is 3.80. The van der Waals surface area contributed by atoms with Crippen LogP contribution in [0.2, 0.25) is 0 Å². The molecule has 3 aromatic rings. The van der Waals surface area contributed by atoms with Crippen molar-refractivity contribution < 1.29 is 9.21 Å². The number of furan rings is 1. The third-order valence-electron chi connectivity index (χ3n) is 3.16. The number of hydrogen-bond donors (Lipinski definition) is 0. The lowest BCUT2D eigenvalue weighted by molar-refractivity contribution is -0.112. The Morgan fingerprint density at radius 1 is 1.14 bits per heavy atom. The van der Waals surface area contributed by atoms with E-state index in [-0.39, 0.29) is 5.78 Å². The lowest BCUT2D eigenvalue weighted by Crippen LogP contribution is -1.94. The molecule has 104 valence electrons. The highest BCUT2D eigenvalue weighted by atomic mass is 16.3. The summed E-state index contributed by atoms with van der Waals surface area (Å²) in [5.41, 5.74) is 2.27. The van der Waals surface area contributed by atoms with Crippen LogP contribution in [0.4, 0.5) is 0 Å². The average Bonchev–Trinajstić information content (AvgIpc) is 2.90. The molecule has 0 aliphatic heterocycles. The van der Waals surface area contributed by atoms with Crippen LogP contribution in [-0.4, -0.2) is 16.0 Å². The van der Waals surface area contributed by atoms with Crippen molar-refractivity contribution in [3.8, 4) is 11.3 Å². The number of benzene rings is 1. The molecule has 0 saturated heterocycles. The number of carbonyl (C=O) groups excluding carboxylic acids is 1. The smallest absolute Gasteiger partial charge is 0.152 e. The van der Waals surface area contributed by atoms with Gasteiger partial charge in [0.1, 0.15) is 11.5 Å². The topological polar surface area (TPSA) is 56.0 Å². The molecule has 3 rings (SSSR count). The number of nitrogens with zero attached hydrogens (tertiary/aromatic N) is 2. The molecule has 0 saturated carbocycles. The highest BCUT2D eigenvalue weighted by Gasteiger charge is 2.14. The molecule has 0 aliphatic rings. The van der Waals surface area contributed by atoms with Gasteiger partial charge in [0, 0.05) is 5.39 Å². The van der Waals surface area contributed by atoms with E-state index in [0.717, 1.165) is 28.0 Å². The fraction of sp³-hybridized carbons (Fsp3) is 0.118. The van der Waals surface area contributed by atoms with Gasteiger partial charge in [-0.1, -0.05) is 18.2 Å². The minimum atomic E-state index is -0.0356. The quantitative estimate of drug-likeness (QED) is 0.684. The van der Waals surface area contributed by atoms with Crippen molar-refractivity contribution in [1.82, 2.24) is 10.2 Å². The highest BCUT2D eigenvalue weighted by Crippen LogP contribution is 2.31. The van der Waals surface area contributed by atoms with Crippen molar-refractivity contribution >= 4 is 22.8 Å². The molecule has 0 fully saturated rings. The summed E-state index contributed by atoms with van der Waals surface area (Å²) >= 11 is 0. The number of ketones is 1. The first-order valence-corrected chi connectivity index (χ1v) is 6.66. The van der Waals surface area contributed by atoms with Gasteiger partial charge in [-0.2, -0.15) is 0 Å². The van der Waals surface area contributed by atoms with Crippen molar-refractivity contribution in [2.75, 3.05) is 0 Å². The Hall–Kier alpha value is -2.75. The van der Waals surface area contributed by atoms with Gasteiger partial charge in [0.15, 0.2) is 5.78 Å². The maximum Gasteiger partial charge on any atom is 0.152 e. The van der Waals surface area contributed by atoms with Crippen LogP contribution < -0.4 is 0 Å². The zero-order valence-corrected chi connectivity index (χ0v) is 11.8. The van der Waals surface area contributed by atoms with Crippen molar-refractivity contribution in [3.05, 3.63) is 53.9 Å². The molecule has 21 heavy (non-hydrogen) atoms. The van der Waals surface area contributed by atoms with Crippen LogP contribution in [0, 0.1) is 6.92 Å². The van der Waals surface area contributed by atoms with Crippen LogP contribution in [0.5, 0.6) is 0 Å². The second-order valence-corrected chi connectivity index (χ2v) is 4.83. The second-order valence-electron chi connectivity index (χ2n) is 4.83. The van der Waals surface area contributed by atoms with E-state index >= 15 is 0 Å². The first-order valence-electron chi connectivity index (χ1n) is 6.66. The number of fused-ring (bicyclic) bond motifs is 1. The van der Waals surface area contributed by atoms with E-state index in [4.69, 9.17) is 4.42 Å². The summed E-state index contributed by atoms with van der Waals surface area (Å²) < 4.78 is 5.74. The van der Waals surface area contributed by atoms with E-state index in [1.807, 2.05) is 43.3 Å². The van der Waals surface area contributed by atoms with Crippen molar-refractivity contribution in [3.63, 3.8) is 0 Å². The number of hydrogen-bond acceptors (Lipinski definition) is 4. The highest BCUT2D eigenvalue weighted by molar-refractivity contribution is 5.98. The van der Waals surface area contributed by atoms with Gasteiger partial charge in [-0.25, -0.2) is 0 Å². The van der Waals surface area contributed by atoms with Gasteiger partial charge in [-0.15, -0.1) is 10.2 Å². The first-order chi connectivity index (χ1) is 10.1. The molecule has 2 aromatic heterocycles. The molecular weight excluding hydrogens is 264 g/mol. The third-order valence-corrected chi connectivity index (χ3v) is 3.16. The van der Waals surface area contributed by atoms with Crippen LogP contribution in [0.15, 0.2) is 46.9 Å². The Kier molecular flexibility index (Phi) is 3.36. The van der Waals surface area contributed by atoms with E-state index in [0.29, 0.717) is 5.69 Å². The molecular formula is C17H14N2O2. The van der Waals surface area contributed by atoms with Gasteiger partial charge >= 0.3 is 0 Å². The number of aromatic nitrogens is 2. The van der Waals surface area contributed by atoms with Crippen LogP contribution in [0.25, 0.3) is 28.3 Å². The minimum absolute atomic E-state index is 0.0356. The van der Waals surface area contributed by atoms with Crippen molar-refractivity contribution in [1.29, 1.82) is 0 Å². The lowest BCUT2D eigenvalue weighted by Gasteiger charge is -2.06. The second kappa shape index (κ2) is 5.32. The monoisotopic (exact) mass is 278 g/mol. The molecule has 0 aliphatic carbocycles. The first kappa shape index (κ1) is 13.2. The van der Waals surface area contributed by atoms with Gasteiger partial charge < -0.3 is 4.42 Å². The Morgan fingerprint density at radius 3 is 2.67 bits per heavy atom. The summed E-state index contributed by atoms with van der Waals surface area (Å²) in [5.74, 6) is 1.51. The fourth-order valence-corrected chi connectivity index (χ4v) is 2.21. The SMILES string of the molecule is CC(=O)C=Cc1nnc2ccccc2c1-c1ccc(C)o1. The Balaban J connectivity index is 2.30. The number of allylic oxidation sites excluding steroid dienone is 1.